The number of aliphatic hydroxyl groups excluding tert-OH is 1. The summed E-state index contributed by atoms with van der Waals surface area (Å²) < 4.78 is 67.6. The number of likely N-dealkylation sites (tertiary alicyclic amines) is 1. The molecule has 30 heavy (non-hydrogen) atoms. The number of hydrogen-bond donors (Lipinski definition) is 2. The molecule has 0 saturated carbocycles. The summed E-state index contributed by atoms with van der Waals surface area (Å²) in [6.45, 7) is 4.12. The molecule has 10 heteroatoms. The van der Waals surface area contributed by atoms with Gasteiger partial charge in [-0.05, 0) is 51.0 Å². The summed E-state index contributed by atoms with van der Waals surface area (Å²) >= 11 is 0. The molecule has 1 aliphatic rings. The third kappa shape index (κ3) is 5.11. The van der Waals surface area contributed by atoms with Gasteiger partial charge in [0.15, 0.2) is 0 Å². The fourth-order valence-corrected chi connectivity index (χ4v) is 5.27. The average molecular weight is 446 g/mol. The van der Waals surface area contributed by atoms with Crippen LogP contribution in [0.1, 0.15) is 38.7 Å². The van der Waals surface area contributed by atoms with E-state index in [1.54, 1.807) is 0 Å². The highest BCUT2D eigenvalue weighted by atomic mass is 32.2. The lowest BCUT2D eigenvalue weighted by molar-refractivity contribution is -0.137. The normalized spacial score (nSPS) is 22.3. The molecule has 0 aliphatic carbocycles. The van der Waals surface area contributed by atoms with Crippen molar-refractivity contribution in [3.63, 3.8) is 0 Å². The summed E-state index contributed by atoms with van der Waals surface area (Å²) in [7, 11) is -4.30. The Bertz CT molecular complexity index is 988. The number of piperidine rings is 1. The number of nitrogens with zero attached hydrogens (tertiary/aromatic N) is 2. The van der Waals surface area contributed by atoms with Crippen LogP contribution in [0.2, 0.25) is 0 Å². The SMILES string of the molecule is C[C@@H]1CCC[C@H](C)N1C[C@@H](O)CNS(=O)(=O)c1cc(C(F)(F)F)cc2ncccc12. The van der Waals surface area contributed by atoms with E-state index in [2.05, 4.69) is 28.5 Å². The molecule has 0 radical (unpaired) electrons. The zero-order chi connectivity index (χ0) is 22.1. The lowest BCUT2D eigenvalue weighted by atomic mass is 9.97. The van der Waals surface area contributed by atoms with Gasteiger partial charge in [0, 0.05) is 36.8 Å². The fourth-order valence-electron chi connectivity index (χ4n) is 3.96. The topological polar surface area (TPSA) is 82.5 Å². The molecular weight excluding hydrogens is 419 g/mol. The van der Waals surface area contributed by atoms with Gasteiger partial charge in [-0.1, -0.05) is 6.42 Å². The first kappa shape index (κ1) is 22.9. The number of β-amino-alcohol motifs (C(OH)–C–C–N with tert-alkyl or cyclic N) is 1. The van der Waals surface area contributed by atoms with Crippen molar-refractivity contribution >= 4 is 20.9 Å². The van der Waals surface area contributed by atoms with Crippen molar-refractivity contribution in [1.82, 2.24) is 14.6 Å². The number of sulfonamides is 1. The second-order valence-corrected chi connectivity index (χ2v) is 9.61. The molecule has 3 atom stereocenters. The number of pyridine rings is 1. The Hall–Kier alpha value is -1.75. The highest BCUT2D eigenvalue weighted by Gasteiger charge is 2.33. The third-order valence-electron chi connectivity index (χ3n) is 5.61. The molecule has 1 aromatic heterocycles. The second kappa shape index (κ2) is 8.78. The maximum Gasteiger partial charge on any atom is 0.416 e. The number of benzene rings is 1. The predicted octanol–water partition coefficient (Wildman–Crippen LogP) is 3.16. The molecule has 2 heterocycles. The van der Waals surface area contributed by atoms with Crippen molar-refractivity contribution in [2.24, 2.45) is 0 Å². The number of aliphatic hydroxyl groups is 1. The summed E-state index contributed by atoms with van der Waals surface area (Å²) in [5.41, 5.74) is -1.16. The minimum atomic E-state index is -4.71. The molecule has 0 unspecified atom stereocenters. The van der Waals surface area contributed by atoms with Gasteiger partial charge in [0.2, 0.25) is 10.0 Å². The first-order valence-corrected chi connectivity index (χ1v) is 11.4. The second-order valence-electron chi connectivity index (χ2n) is 7.87. The summed E-state index contributed by atoms with van der Waals surface area (Å²) in [4.78, 5) is 5.49. The van der Waals surface area contributed by atoms with Crippen molar-refractivity contribution < 1.29 is 26.7 Å². The number of fused-ring (bicyclic) bond motifs is 1. The number of nitrogens with one attached hydrogen (secondary N) is 1. The van der Waals surface area contributed by atoms with Crippen LogP contribution >= 0.6 is 0 Å². The first-order valence-electron chi connectivity index (χ1n) is 9.88. The van der Waals surface area contributed by atoms with Crippen molar-refractivity contribution in [2.75, 3.05) is 13.1 Å². The Morgan fingerprint density at radius 2 is 1.93 bits per heavy atom. The summed E-state index contributed by atoms with van der Waals surface area (Å²) in [6, 6.07) is 4.85. The molecular formula is C20H26F3N3O3S. The van der Waals surface area contributed by atoms with Crippen molar-refractivity contribution in [3.05, 3.63) is 36.0 Å². The molecule has 2 aromatic rings. The van der Waals surface area contributed by atoms with Crippen molar-refractivity contribution in [3.8, 4) is 0 Å². The standard InChI is InChI=1S/C20H26F3N3O3S/c1-13-5-3-6-14(2)26(13)12-16(27)11-25-30(28,29)19-10-15(20(21,22)23)9-18-17(19)7-4-8-24-18/h4,7-10,13-14,16,25,27H,3,5-6,11-12H2,1-2H3/t13-,14+,16-/m0/s1. The number of hydrogen-bond acceptors (Lipinski definition) is 5. The van der Waals surface area contributed by atoms with Gasteiger partial charge in [-0.25, -0.2) is 13.1 Å². The van der Waals surface area contributed by atoms with E-state index in [0.29, 0.717) is 6.07 Å². The van der Waals surface area contributed by atoms with Crippen LogP contribution in [0.5, 0.6) is 0 Å². The number of rotatable bonds is 6. The third-order valence-corrected chi connectivity index (χ3v) is 7.07. The first-order chi connectivity index (χ1) is 14.0. The van der Waals surface area contributed by atoms with E-state index in [-0.39, 0.29) is 36.1 Å². The van der Waals surface area contributed by atoms with E-state index in [0.717, 1.165) is 25.3 Å². The van der Waals surface area contributed by atoms with E-state index in [9.17, 15) is 26.7 Å². The van der Waals surface area contributed by atoms with Gasteiger partial charge in [0.25, 0.3) is 0 Å². The predicted molar refractivity (Wildman–Crippen MR) is 107 cm³/mol. The Morgan fingerprint density at radius 1 is 1.27 bits per heavy atom. The molecule has 0 amide bonds. The van der Waals surface area contributed by atoms with Crippen LogP contribution in [0, 0.1) is 0 Å². The molecule has 2 N–H and O–H groups in total. The van der Waals surface area contributed by atoms with E-state index in [1.807, 2.05) is 0 Å². The molecule has 3 rings (SSSR count). The number of aromatic nitrogens is 1. The Balaban J connectivity index is 1.81. The van der Waals surface area contributed by atoms with E-state index in [4.69, 9.17) is 0 Å². The smallest absolute Gasteiger partial charge is 0.390 e. The zero-order valence-electron chi connectivity index (χ0n) is 16.9. The maximum atomic E-state index is 13.2. The zero-order valence-corrected chi connectivity index (χ0v) is 17.7. The molecule has 0 bridgehead atoms. The van der Waals surface area contributed by atoms with Crippen LogP contribution in [0.25, 0.3) is 10.9 Å². The highest BCUT2D eigenvalue weighted by Crippen LogP contribution is 2.34. The van der Waals surface area contributed by atoms with E-state index < -0.39 is 32.8 Å². The fraction of sp³-hybridized carbons (Fsp3) is 0.550. The summed E-state index contributed by atoms with van der Waals surface area (Å²) in [6.07, 6.45) is -1.28. The van der Waals surface area contributed by atoms with Crippen LogP contribution < -0.4 is 4.72 Å². The molecule has 1 saturated heterocycles. The lowest BCUT2D eigenvalue weighted by Crippen LogP contribution is -2.49. The van der Waals surface area contributed by atoms with Gasteiger partial charge < -0.3 is 5.11 Å². The largest absolute Gasteiger partial charge is 0.416 e. The highest BCUT2D eigenvalue weighted by molar-refractivity contribution is 7.89. The van der Waals surface area contributed by atoms with Gasteiger partial charge in [-0.15, -0.1) is 0 Å². The molecule has 166 valence electrons. The van der Waals surface area contributed by atoms with Crippen LogP contribution in [0.4, 0.5) is 13.2 Å². The van der Waals surface area contributed by atoms with E-state index >= 15 is 0 Å². The maximum absolute atomic E-state index is 13.2. The molecule has 0 spiro atoms. The van der Waals surface area contributed by atoms with Crippen LogP contribution in [0.15, 0.2) is 35.4 Å². The molecule has 1 aromatic carbocycles. The van der Waals surface area contributed by atoms with Gasteiger partial charge in [0.05, 0.1) is 22.1 Å². The Kier molecular flexibility index (Phi) is 6.71. The summed E-state index contributed by atoms with van der Waals surface area (Å²) in [5.74, 6) is 0. The lowest BCUT2D eigenvalue weighted by Gasteiger charge is -2.40. The number of halogens is 3. The molecule has 1 fully saturated rings. The Labute approximate surface area is 174 Å². The van der Waals surface area contributed by atoms with Crippen LogP contribution in [0.3, 0.4) is 0 Å². The van der Waals surface area contributed by atoms with Crippen LogP contribution in [-0.4, -0.2) is 54.7 Å². The van der Waals surface area contributed by atoms with E-state index in [1.165, 1.54) is 18.3 Å². The average Bonchev–Trinajstić information content (AvgIpc) is 2.68. The van der Waals surface area contributed by atoms with Gasteiger partial charge in [0.1, 0.15) is 0 Å². The van der Waals surface area contributed by atoms with Gasteiger partial charge in [-0.2, -0.15) is 13.2 Å². The van der Waals surface area contributed by atoms with Crippen molar-refractivity contribution in [2.45, 2.75) is 62.4 Å². The molecule has 6 nitrogen and oxygen atoms in total. The minimum absolute atomic E-state index is 0.0655. The quantitative estimate of drug-likeness (QED) is 0.714. The van der Waals surface area contributed by atoms with Gasteiger partial charge >= 0.3 is 6.18 Å². The Morgan fingerprint density at radius 3 is 2.57 bits per heavy atom. The van der Waals surface area contributed by atoms with Gasteiger partial charge in [-0.3, -0.25) is 9.88 Å². The summed E-state index contributed by atoms with van der Waals surface area (Å²) in [5, 5.41) is 10.5. The molecule has 1 aliphatic heterocycles. The monoisotopic (exact) mass is 445 g/mol. The van der Waals surface area contributed by atoms with Crippen molar-refractivity contribution in [1.29, 1.82) is 0 Å². The minimum Gasteiger partial charge on any atom is -0.390 e. The van der Waals surface area contributed by atoms with Crippen LogP contribution in [-0.2, 0) is 16.2 Å². The number of alkyl halides is 3.